The second-order valence-corrected chi connectivity index (χ2v) is 8.06. The predicted molar refractivity (Wildman–Crippen MR) is 111 cm³/mol. The predicted octanol–water partition coefficient (Wildman–Crippen LogP) is 1.85. The maximum Gasteiger partial charge on any atom is 0.329 e. The summed E-state index contributed by atoms with van der Waals surface area (Å²) >= 11 is 0. The van der Waals surface area contributed by atoms with Crippen molar-refractivity contribution in [3.05, 3.63) is 23.7 Å². The molecule has 31 heavy (non-hydrogen) atoms. The van der Waals surface area contributed by atoms with E-state index in [1.807, 2.05) is 13.0 Å². The van der Waals surface area contributed by atoms with Crippen LogP contribution in [-0.2, 0) is 14.3 Å². The molecule has 10 nitrogen and oxygen atoms in total. The Balaban J connectivity index is 1.57. The number of carboxylic acids is 1. The maximum absolute atomic E-state index is 12.5. The van der Waals surface area contributed by atoms with Gasteiger partial charge in [-0.25, -0.2) is 14.8 Å². The lowest BCUT2D eigenvalue weighted by atomic mass is 9.91. The molecule has 2 aliphatic heterocycles. The van der Waals surface area contributed by atoms with E-state index in [0.29, 0.717) is 24.8 Å². The van der Waals surface area contributed by atoms with E-state index in [4.69, 9.17) is 19.4 Å². The van der Waals surface area contributed by atoms with Gasteiger partial charge in [-0.15, -0.1) is 0 Å². The first-order valence-electron chi connectivity index (χ1n) is 10.6. The quantitative estimate of drug-likeness (QED) is 0.702. The summed E-state index contributed by atoms with van der Waals surface area (Å²) < 4.78 is 10.5. The standard InChI is InChI=1S/C21H27N5O5/c1-14-9-17(31-24-14)16-10-22-21(25-6-2-3-7-25)23-20(16)15-5-4-8-26(11-15)18(27)12-30-13-19(28)29/h9-10,15H,2-8,11-13H2,1H3,(H,28,29)/t15-/m1/s1. The van der Waals surface area contributed by atoms with Crippen LogP contribution in [0.15, 0.2) is 16.8 Å². The smallest absolute Gasteiger partial charge is 0.329 e. The SMILES string of the molecule is Cc1cc(-c2cnc(N3CCCC3)nc2[C@@H]2CCCN(C(=O)COCC(=O)O)C2)on1. The Morgan fingerprint density at radius 3 is 2.74 bits per heavy atom. The van der Waals surface area contributed by atoms with Gasteiger partial charge in [0.1, 0.15) is 13.2 Å². The van der Waals surface area contributed by atoms with Crippen LogP contribution in [0.25, 0.3) is 11.3 Å². The van der Waals surface area contributed by atoms with Crippen molar-refractivity contribution in [3.8, 4) is 11.3 Å². The first-order valence-corrected chi connectivity index (χ1v) is 10.6. The number of hydrogen-bond donors (Lipinski definition) is 1. The van der Waals surface area contributed by atoms with Crippen LogP contribution in [0.1, 0.15) is 43.0 Å². The number of hydrogen-bond acceptors (Lipinski definition) is 8. The molecular weight excluding hydrogens is 402 g/mol. The second kappa shape index (κ2) is 9.42. The third kappa shape index (κ3) is 5.01. The molecule has 2 fully saturated rings. The average molecular weight is 429 g/mol. The second-order valence-electron chi connectivity index (χ2n) is 8.06. The lowest BCUT2D eigenvalue weighted by Gasteiger charge is -2.33. The molecule has 1 N–H and O–H groups in total. The van der Waals surface area contributed by atoms with Crippen molar-refractivity contribution in [2.24, 2.45) is 0 Å². The number of aryl methyl sites for hydroxylation is 1. The van der Waals surface area contributed by atoms with Gasteiger partial charge in [0.2, 0.25) is 11.9 Å². The van der Waals surface area contributed by atoms with Gasteiger partial charge in [0.15, 0.2) is 5.76 Å². The van der Waals surface area contributed by atoms with E-state index in [0.717, 1.165) is 55.7 Å². The number of likely N-dealkylation sites (tertiary alicyclic amines) is 1. The van der Waals surface area contributed by atoms with E-state index in [9.17, 15) is 9.59 Å². The molecule has 2 aromatic rings. The molecule has 1 atom stereocenters. The molecule has 0 bridgehead atoms. The van der Waals surface area contributed by atoms with Gasteiger partial charge in [0.05, 0.1) is 17.0 Å². The van der Waals surface area contributed by atoms with Crippen molar-refractivity contribution in [1.82, 2.24) is 20.0 Å². The van der Waals surface area contributed by atoms with E-state index in [2.05, 4.69) is 15.0 Å². The Hall–Kier alpha value is -3.01. The molecular formula is C21H27N5O5. The van der Waals surface area contributed by atoms with Gasteiger partial charge < -0.3 is 24.2 Å². The van der Waals surface area contributed by atoms with Crippen LogP contribution in [-0.4, -0.2) is 76.4 Å². The molecule has 0 aliphatic carbocycles. The number of carboxylic acid groups (broad SMARTS) is 1. The average Bonchev–Trinajstić information content (AvgIpc) is 3.45. The number of nitrogens with zero attached hydrogens (tertiary/aromatic N) is 5. The summed E-state index contributed by atoms with van der Waals surface area (Å²) in [5.41, 5.74) is 2.43. The summed E-state index contributed by atoms with van der Waals surface area (Å²) in [5, 5.41) is 12.7. The van der Waals surface area contributed by atoms with Crippen LogP contribution in [0.2, 0.25) is 0 Å². The summed E-state index contributed by atoms with van der Waals surface area (Å²) in [6.07, 6.45) is 5.77. The molecule has 0 aromatic carbocycles. The van der Waals surface area contributed by atoms with Crippen LogP contribution in [0, 0.1) is 6.92 Å². The highest BCUT2D eigenvalue weighted by atomic mass is 16.5. The van der Waals surface area contributed by atoms with Crippen molar-refractivity contribution >= 4 is 17.8 Å². The minimum atomic E-state index is -1.09. The molecule has 0 unspecified atom stereocenters. The van der Waals surface area contributed by atoms with E-state index < -0.39 is 12.6 Å². The monoisotopic (exact) mass is 429 g/mol. The number of carbonyl (C=O) groups excluding carboxylic acids is 1. The molecule has 1 amide bonds. The number of anilines is 1. The molecule has 0 spiro atoms. The van der Waals surface area contributed by atoms with Gasteiger partial charge in [0.25, 0.3) is 0 Å². The van der Waals surface area contributed by atoms with Gasteiger partial charge in [-0.3, -0.25) is 4.79 Å². The van der Waals surface area contributed by atoms with Crippen LogP contribution in [0.3, 0.4) is 0 Å². The number of ether oxygens (including phenoxy) is 1. The molecule has 4 heterocycles. The minimum Gasteiger partial charge on any atom is -0.480 e. The highest BCUT2D eigenvalue weighted by molar-refractivity contribution is 5.78. The number of carbonyl (C=O) groups is 2. The maximum atomic E-state index is 12.5. The summed E-state index contributed by atoms with van der Waals surface area (Å²) in [6.45, 7) is 4.13. The van der Waals surface area contributed by atoms with E-state index >= 15 is 0 Å². The molecule has 2 saturated heterocycles. The van der Waals surface area contributed by atoms with Crippen molar-refractivity contribution < 1.29 is 24.0 Å². The Labute approximate surface area is 180 Å². The fraction of sp³-hybridized carbons (Fsp3) is 0.571. The lowest BCUT2D eigenvalue weighted by molar-refractivity contribution is -0.146. The van der Waals surface area contributed by atoms with Gasteiger partial charge in [-0.1, -0.05) is 5.16 Å². The van der Waals surface area contributed by atoms with Crippen molar-refractivity contribution in [3.63, 3.8) is 0 Å². The first kappa shape index (κ1) is 21.2. The van der Waals surface area contributed by atoms with Gasteiger partial charge in [0, 0.05) is 44.4 Å². The number of aromatic nitrogens is 3. The van der Waals surface area contributed by atoms with Crippen molar-refractivity contribution in [1.29, 1.82) is 0 Å². The summed E-state index contributed by atoms with van der Waals surface area (Å²) in [6, 6.07) is 1.86. The zero-order chi connectivity index (χ0) is 21.8. The van der Waals surface area contributed by atoms with Gasteiger partial charge in [-0.05, 0) is 32.6 Å². The number of amides is 1. The summed E-state index contributed by atoms with van der Waals surface area (Å²) in [5.74, 6) is 0.0416. The molecule has 0 saturated carbocycles. The van der Waals surface area contributed by atoms with Gasteiger partial charge in [-0.2, -0.15) is 0 Å². The minimum absolute atomic E-state index is 0.0157. The van der Waals surface area contributed by atoms with Crippen molar-refractivity contribution in [2.45, 2.75) is 38.5 Å². The molecule has 2 aliphatic rings. The Bertz CT molecular complexity index is 940. The molecule has 10 heteroatoms. The van der Waals surface area contributed by atoms with Crippen LogP contribution >= 0.6 is 0 Å². The summed E-state index contributed by atoms with van der Waals surface area (Å²) in [4.78, 5) is 36.6. The first-order chi connectivity index (χ1) is 15.0. The van der Waals surface area contributed by atoms with E-state index in [1.165, 1.54) is 0 Å². The Kier molecular flexibility index (Phi) is 6.45. The fourth-order valence-corrected chi connectivity index (χ4v) is 4.19. The normalized spacial score (nSPS) is 19.1. The van der Waals surface area contributed by atoms with E-state index in [1.54, 1.807) is 11.1 Å². The summed E-state index contributed by atoms with van der Waals surface area (Å²) in [7, 11) is 0. The Morgan fingerprint density at radius 1 is 1.23 bits per heavy atom. The van der Waals surface area contributed by atoms with Crippen molar-refractivity contribution in [2.75, 3.05) is 44.3 Å². The van der Waals surface area contributed by atoms with Crippen LogP contribution < -0.4 is 4.90 Å². The molecule has 166 valence electrons. The largest absolute Gasteiger partial charge is 0.480 e. The Morgan fingerprint density at radius 2 is 2.03 bits per heavy atom. The zero-order valence-corrected chi connectivity index (χ0v) is 17.6. The topological polar surface area (TPSA) is 122 Å². The number of piperidine rings is 1. The third-order valence-corrected chi connectivity index (χ3v) is 5.70. The highest BCUT2D eigenvalue weighted by Gasteiger charge is 2.30. The number of rotatable bonds is 7. The zero-order valence-electron chi connectivity index (χ0n) is 17.6. The van der Waals surface area contributed by atoms with E-state index in [-0.39, 0.29) is 18.4 Å². The fourth-order valence-electron chi connectivity index (χ4n) is 4.19. The lowest BCUT2D eigenvalue weighted by Crippen LogP contribution is -2.41. The highest BCUT2D eigenvalue weighted by Crippen LogP contribution is 2.34. The van der Waals surface area contributed by atoms with Crippen LogP contribution in [0.5, 0.6) is 0 Å². The molecule has 4 rings (SSSR count). The third-order valence-electron chi connectivity index (χ3n) is 5.70. The molecule has 0 radical (unpaired) electrons. The number of aliphatic carboxylic acids is 1. The molecule has 2 aromatic heterocycles. The van der Waals surface area contributed by atoms with Gasteiger partial charge >= 0.3 is 5.97 Å². The van der Waals surface area contributed by atoms with Crippen LogP contribution in [0.4, 0.5) is 5.95 Å².